The molecule has 1 aromatic rings. The van der Waals surface area contributed by atoms with Crippen molar-refractivity contribution in [1.29, 1.82) is 0 Å². The molecule has 0 spiro atoms. The highest BCUT2D eigenvalue weighted by molar-refractivity contribution is 6.11. The summed E-state index contributed by atoms with van der Waals surface area (Å²) in [5.41, 5.74) is 4.85. The van der Waals surface area contributed by atoms with Crippen molar-refractivity contribution in [3.63, 3.8) is 0 Å². The molecule has 1 fully saturated rings. The highest BCUT2D eigenvalue weighted by Gasteiger charge is 2.40. The van der Waals surface area contributed by atoms with Crippen LogP contribution in [0.5, 0.6) is 0 Å². The molecule has 1 saturated heterocycles. The number of fused-ring (bicyclic) bond motifs is 1. The van der Waals surface area contributed by atoms with E-state index in [1.807, 2.05) is 18.2 Å². The molecular formula is C15H14N2O2. The van der Waals surface area contributed by atoms with Gasteiger partial charge in [-0.3, -0.25) is 14.5 Å². The molecule has 19 heavy (non-hydrogen) atoms. The lowest BCUT2D eigenvalue weighted by atomic mass is 10.0. The van der Waals surface area contributed by atoms with Gasteiger partial charge in [0.15, 0.2) is 0 Å². The molecule has 96 valence electrons. The topological polar surface area (TPSA) is 49.4 Å². The zero-order chi connectivity index (χ0) is 13.4. The summed E-state index contributed by atoms with van der Waals surface area (Å²) in [7, 11) is 0. The Morgan fingerprint density at radius 1 is 1.26 bits per heavy atom. The lowest BCUT2D eigenvalue weighted by molar-refractivity contribution is -0.126. The Balaban J connectivity index is 2.07. The van der Waals surface area contributed by atoms with Crippen molar-refractivity contribution in [1.82, 2.24) is 10.2 Å². The number of amides is 2. The summed E-state index contributed by atoms with van der Waals surface area (Å²) >= 11 is 0. The van der Waals surface area contributed by atoms with E-state index in [2.05, 4.69) is 17.6 Å². The maximum absolute atomic E-state index is 12.5. The summed E-state index contributed by atoms with van der Waals surface area (Å²) in [6.07, 6.45) is 1.55. The minimum absolute atomic E-state index is 0.0971. The fourth-order valence-electron chi connectivity index (χ4n) is 2.72. The normalized spacial score (nSPS) is 22.0. The van der Waals surface area contributed by atoms with Crippen LogP contribution >= 0.6 is 0 Å². The Bertz CT molecular complexity index is 614. The summed E-state index contributed by atoms with van der Waals surface area (Å²) in [4.78, 5) is 26.0. The second-order valence-electron chi connectivity index (χ2n) is 4.70. The van der Waals surface area contributed by atoms with E-state index in [1.54, 1.807) is 6.07 Å². The van der Waals surface area contributed by atoms with Crippen molar-refractivity contribution in [2.24, 2.45) is 0 Å². The number of hydrogen-bond acceptors (Lipinski definition) is 2. The van der Waals surface area contributed by atoms with Gasteiger partial charge in [0.05, 0.1) is 5.70 Å². The molecule has 2 aliphatic rings. The van der Waals surface area contributed by atoms with Crippen molar-refractivity contribution in [3.8, 4) is 0 Å². The van der Waals surface area contributed by atoms with E-state index in [1.165, 1.54) is 4.90 Å². The van der Waals surface area contributed by atoms with Crippen LogP contribution in [-0.2, 0) is 4.79 Å². The molecule has 1 unspecified atom stereocenters. The van der Waals surface area contributed by atoms with Gasteiger partial charge in [-0.25, -0.2) is 0 Å². The van der Waals surface area contributed by atoms with Crippen LogP contribution in [0.25, 0.3) is 5.70 Å². The Kier molecular flexibility index (Phi) is 2.73. The monoisotopic (exact) mass is 254 g/mol. The number of nitrogens with one attached hydrogen (secondary N) is 1. The molecular weight excluding hydrogens is 240 g/mol. The molecule has 0 aromatic heterocycles. The molecule has 4 heteroatoms. The first-order valence-electron chi connectivity index (χ1n) is 6.35. The number of rotatable bonds is 1. The van der Waals surface area contributed by atoms with E-state index < -0.39 is 6.04 Å². The van der Waals surface area contributed by atoms with Crippen LogP contribution in [0.1, 0.15) is 28.8 Å². The maximum Gasteiger partial charge on any atom is 0.260 e. The van der Waals surface area contributed by atoms with Gasteiger partial charge in [0.1, 0.15) is 6.04 Å². The summed E-state index contributed by atoms with van der Waals surface area (Å²) in [5, 5.41) is 2.81. The second kappa shape index (κ2) is 4.41. The number of benzene rings is 1. The van der Waals surface area contributed by atoms with E-state index in [-0.39, 0.29) is 11.8 Å². The summed E-state index contributed by atoms with van der Waals surface area (Å²) in [6.45, 7) is 4.34. The predicted molar refractivity (Wildman–Crippen MR) is 71.2 cm³/mol. The van der Waals surface area contributed by atoms with Gasteiger partial charge in [0, 0.05) is 17.7 Å². The Morgan fingerprint density at radius 3 is 2.68 bits per heavy atom. The molecule has 4 nitrogen and oxygen atoms in total. The first kappa shape index (κ1) is 11.8. The van der Waals surface area contributed by atoms with Gasteiger partial charge < -0.3 is 5.32 Å². The Labute approximate surface area is 111 Å². The highest BCUT2D eigenvalue weighted by Crippen LogP contribution is 2.34. The molecule has 0 saturated carbocycles. The van der Waals surface area contributed by atoms with E-state index in [0.717, 1.165) is 12.0 Å². The van der Waals surface area contributed by atoms with Crippen LogP contribution in [0.2, 0.25) is 0 Å². The van der Waals surface area contributed by atoms with Crippen molar-refractivity contribution < 1.29 is 9.59 Å². The SMILES string of the molecule is C=C=C1c2ccccc2C(=O)N1C1CCCNC1=O. The average Bonchev–Trinajstić information content (AvgIpc) is 2.73. The van der Waals surface area contributed by atoms with Crippen molar-refractivity contribution in [2.75, 3.05) is 6.54 Å². The van der Waals surface area contributed by atoms with Crippen LogP contribution in [-0.4, -0.2) is 29.3 Å². The van der Waals surface area contributed by atoms with Gasteiger partial charge in [0.2, 0.25) is 5.91 Å². The third-order valence-corrected chi connectivity index (χ3v) is 3.61. The number of carbonyl (C=O) groups is 2. The summed E-state index contributed by atoms with van der Waals surface area (Å²) < 4.78 is 0. The fourth-order valence-corrected chi connectivity index (χ4v) is 2.72. The van der Waals surface area contributed by atoms with Crippen LogP contribution in [0.4, 0.5) is 0 Å². The quantitative estimate of drug-likeness (QED) is 0.773. The zero-order valence-corrected chi connectivity index (χ0v) is 10.5. The number of nitrogens with zero attached hydrogens (tertiary/aromatic N) is 1. The number of carbonyl (C=O) groups excluding carboxylic acids is 2. The first-order chi connectivity index (χ1) is 9.24. The van der Waals surface area contributed by atoms with Crippen molar-refractivity contribution >= 4 is 17.5 Å². The standard InChI is InChI=1S/C15H14N2O2/c1-2-12-10-6-3-4-7-11(10)15(19)17(12)13-8-5-9-16-14(13)18/h3-4,6-7,13H,1,5,8-9H2,(H,16,18). The molecule has 0 radical (unpaired) electrons. The minimum Gasteiger partial charge on any atom is -0.354 e. The molecule has 1 aromatic carbocycles. The lowest BCUT2D eigenvalue weighted by Crippen LogP contribution is -2.50. The molecule has 1 atom stereocenters. The third kappa shape index (κ3) is 1.69. The number of piperidine rings is 1. The van der Waals surface area contributed by atoms with Gasteiger partial charge in [-0.05, 0) is 18.9 Å². The zero-order valence-electron chi connectivity index (χ0n) is 10.5. The molecule has 2 aliphatic heterocycles. The molecule has 2 amide bonds. The molecule has 2 heterocycles. The third-order valence-electron chi connectivity index (χ3n) is 3.61. The van der Waals surface area contributed by atoms with Gasteiger partial charge >= 0.3 is 0 Å². The molecule has 0 bridgehead atoms. The van der Waals surface area contributed by atoms with E-state index in [0.29, 0.717) is 24.2 Å². The predicted octanol–water partition coefficient (Wildman–Crippen LogP) is 1.55. The van der Waals surface area contributed by atoms with E-state index in [9.17, 15) is 9.59 Å². The van der Waals surface area contributed by atoms with Crippen LogP contribution in [0.3, 0.4) is 0 Å². The van der Waals surface area contributed by atoms with Crippen molar-refractivity contribution in [3.05, 3.63) is 47.7 Å². The van der Waals surface area contributed by atoms with Crippen LogP contribution in [0, 0.1) is 0 Å². The van der Waals surface area contributed by atoms with Gasteiger partial charge in [-0.2, -0.15) is 0 Å². The maximum atomic E-state index is 12.5. The van der Waals surface area contributed by atoms with Gasteiger partial charge in [-0.1, -0.05) is 24.8 Å². The van der Waals surface area contributed by atoms with Gasteiger partial charge in [-0.15, -0.1) is 5.73 Å². The summed E-state index contributed by atoms with van der Waals surface area (Å²) in [6, 6.07) is 6.88. The largest absolute Gasteiger partial charge is 0.354 e. The highest BCUT2D eigenvalue weighted by atomic mass is 16.2. The van der Waals surface area contributed by atoms with E-state index in [4.69, 9.17) is 0 Å². The summed E-state index contributed by atoms with van der Waals surface area (Å²) in [5.74, 6) is -0.232. The lowest BCUT2D eigenvalue weighted by Gasteiger charge is -2.30. The Morgan fingerprint density at radius 2 is 2.00 bits per heavy atom. The van der Waals surface area contributed by atoms with Crippen molar-refractivity contribution in [2.45, 2.75) is 18.9 Å². The number of hydrogen-bond donors (Lipinski definition) is 1. The average molecular weight is 254 g/mol. The molecule has 0 aliphatic carbocycles. The first-order valence-corrected chi connectivity index (χ1v) is 6.35. The Hall–Kier alpha value is -2.32. The molecule has 3 rings (SSSR count). The minimum atomic E-state index is -0.446. The smallest absolute Gasteiger partial charge is 0.260 e. The van der Waals surface area contributed by atoms with Crippen LogP contribution in [0.15, 0.2) is 36.6 Å². The molecule has 1 N–H and O–H groups in total. The fraction of sp³-hybridized carbons (Fsp3) is 0.267. The van der Waals surface area contributed by atoms with Crippen LogP contribution < -0.4 is 5.32 Å². The second-order valence-corrected chi connectivity index (χ2v) is 4.70. The van der Waals surface area contributed by atoms with Gasteiger partial charge in [0.25, 0.3) is 5.91 Å². The van der Waals surface area contributed by atoms with E-state index >= 15 is 0 Å².